The molecular weight excluding hydrogens is 406 g/mol. The van der Waals surface area contributed by atoms with Crippen LogP contribution in [0.15, 0.2) is 35.3 Å². The Morgan fingerprint density at radius 3 is 2.47 bits per heavy atom. The highest BCUT2D eigenvalue weighted by atomic mass is 16.4. The van der Waals surface area contributed by atoms with Gasteiger partial charge in [-0.3, -0.25) is 15.1 Å². The number of rotatable bonds is 6. The quantitative estimate of drug-likeness (QED) is 0.465. The molecule has 1 aliphatic heterocycles. The molecule has 2 aliphatic rings. The van der Waals surface area contributed by atoms with E-state index in [2.05, 4.69) is 26.6 Å². The fourth-order valence-corrected chi connectivity index (χ4v) is 4.57. The fourth-order valence-electron chi connectivity index (χ4n) is 4.57. The number of hydrogen-bond acceptors (Lipinski definition) is 5. The summed E-state index contributed by atoms with van der Waals surface area (Å²) < 4.78 is 0. The van der Waals surface area contributed by atoms with Crippen LogP contribution in [0.2, 0.25) is 0 Å². The first-order valence-electron chi connectivity index (χ1n) is 11.5. The SMILES string of the molecule is CN1CCC(C#N)(NC(=O)C(CC2CCCCC2)N=C(NC(=O)O)c2ccccc2)CC1. The molecule has 172 valence electrons. The Morgan fingerprint density at radius 2 is 1.88 bits per heavy atom. The molecule has 8 nitrogen and oxygen atoms in total. The third-order valence-electron chi connectivity index (χ3n) is 6.56. The minimum atomic E-state index is -1.23. The van der Waals surface area contributed by atoms with Crippen molar-refractivity contribution < 1.29 is 14.7 Å². The number of piperidine rings is 1. The van der Waals surface area contributed by atoms with Gasteiger partial charge in [0.25, 0.3) is 0 Å². The maximum absolute atomic E-state index is 13.4. The highest BCUT2D eigenvalue weighted by molar-refractivity contribution is 6.07. The van der Waals surface area contributed by atoms with Gasteiger partial charge in [0, 0.05) is 18.7 Å². The zero-order valence-corrected chi connectivity index (χ0v) is 18.7. The predicted molar refractivity (Wildman–Crippen MR) is 122 cm³/mol. The Bertz CT molecular complexity index is 850. The molecule has 1 aromatic carbocycles. The smallest absolute Gasteiger partial charge is 0.410 e. The number of nitrogens with one attached hydrogen (secondary N) is 2. The molecule has 1 aliphatic carbocycles. The molecule has 0 radical (unpaired) electrons. The number of likely N-dealkylation sites (tertiary alicyclic amines) is 1. The summed E-state index contributed by atoms with van der Waals surface area (Å²) >= 11 is 0. The van der Waals surface area contributed by atoms with E-state index in [1.54, 1.807) is 24.3 Å². The molecule has 3 rings (SSSR count). The number of nitriles is 1. The van der Waals surface area contributed by atoms with E-state index in [0.29, 0.717) is 30.7 Å². The van der Waals surface area contributed by atoms with Crippen LogP contribution in [0.1, 0.15) is 56.9 Å². The number of amidine groups is 1. The van der Waals surface area contributed by atoms with Crippen LogP contribution in [0.3, 0.4) is 0 Å². The second kappa shape index (κ2) is 11.1. The van der Waals surface area contributed by atoms with Crippen LogP contribution in [0.4, 0.5) is 4.79 Å². The summed E-state index contributed by atoms with van der Waals surface area (Å²) in [5.74, 6) is 0.214. The third kappa shape index (κ3) is 6.54. The monoisotopic (exact) mass is 439 g/mol. The van der Waals surface area contributed by atoms with Crippen molar-refractivity contribution in [1.29, 1.82) is 5.26 Å². The number of carboxylic acid groups (broad SMARTS) is 1. The number of carbonyl (C=O) groups excluding carboxylic acids is 1. The first kappa shape index (κ1) is 23.7. The largest absolute Gasteiger partial charge is 0.465 e. The van der Waals surface area contributed by atoms with E-state index in [1.165, 1.54) is 6.42 Å². The Labute approximate surface area is 189 Å². The van der Waals surface area contributed by atoms with Gasteiger partial charge < -0.3 is 15.3 Å². The summed E-state index contributed by atoms with van der Waals surface area (Å²) in [6.07, 6.45) is 6.00. The van der Waals surface area contributed by atoms with Crippen LogP contribution in [-0.4, -0.2) is 59.6 Å². The van der Waals surface area contributed by atoms with Gasteiger partial charge in [0.2, 0.25) is 5.91 Å². The van der Waals surface area contributed by atoms with Gasteiger partial charge in [-0.05, 0) is 32.2 Å². The van der Waals surface area contributed by atoms with Crippen LogP contribution in [0, 0.1) is 17.2 Å². The lowest BCUT2D eigenvalue weighted by Crippen LogP contribution is -2.56. The zero-order chi connectivity index (χ0) is 23.0. The zero-order valence-electron chi connectivity index (χ0n) is 18.7. The molecule has 0 aromatic heterocycles. The predicted octanol–water partition coefficient (Wildman–Crippen LogP) is 3.14. The van der Waals surface area contributed by atoms with Crippen LogP contribution >= 0.6 is 0 Å². The summed E-state index contributed by atoms with van der Waals surface area (Å²) in [5, 5.41) is 24.6. The Morgan fingerprint density at radius 1 is 1.22 bits per heavy atom. The third-order valence-corrected chi connectivity index (χ3v) is 6.56. The number of carbonyl (C=O) groups is 2. The van der Waals surface area contributed by atoms with E-state index in [1.807, 2.05) is 13.1 Å². The lowest BCUT2D eigenvalue weighted by atomic mass is 9.84. The van der Waals surface area contributed by atoms with Crippen molar-refractivity contribution in [1.82, 2.24) is 15.5 Å². The fraction of sp³-hybridized carbons (Fsp3) is 0.583. The minimum absolute atomic E-state index is 0.156. The van der Waals surface area contributed by atoms with Crippen LogP contribution in [0.5, 0.6) is 0 Å². The van der Waals surface area contributed by atoms with Crippen molar-refractivity contribution in [3.05, 3.63) is 35.9 Å². The normalized spacial score (nSPS) is 20.7. The molecule has 1 aromatic rings. The second-order valence-corrected chi connectivity index (χ2v) is 9.02. The molecule has 2 amide bonds. The molecule has 3 N–H and O–H groups in total. The van der Waals surface area contributed by atoms with Crippen molar-refractivity contribution >= 4 is 17.8 Å². The van der Waals surface area contributed by atoms with Gasteiger partial charge in [0.15, 0.2) is 0 Å². The van der Waals surface area contributed by atoms with Gasteiger partial charge in [-0.15, -0.1) is 0 Å². The van der Waals surface area contributed by atoms with Crippen LogP contribution in [0.25, 0.3) is 0 Å². The van der Waals surface area contributed by atoms with E-state index >= 15 is 0 Å². The van der Waals surface area contributed by atoms with Gasteiger partial charge in [-0.25, -0.2) is 4.79 Å². The first-order chi connectivity index (χ1) is 15.4. The van der Waals surface area contributed by atoms with E-state index in [-0.39, 0.29) is 11.7 Å². The maximum Gasteiger partial charge on any atom is 0.410 e. The molecule has 1 saturated carbocycles. The van der Waals surface area contributed by atoms with Crippen LogP contribution < -0.4 is 10.6 Å². The topological polar surface area (TPSA) is 118 Å². The molecule has 1 unspecified atom stereocenters. The summed E-state index contributed by atoms with van der Waals surface area (Å²) in [7, 11) is 2.00. The summed E-state index contributed by atoms with van der Waals surface area (Å²) in [6.45, 7) is 1.47. The molecule has 1 atom stereocenters. The molecule has 0 spiro atoms. The highest BCUT2D eigenvalue weighted by Gasteiger charge is 2.37. The van der Waals surface area contributed by atoms with E-state index < -0.39 is 17.7 Å². The van der Waals surface area contributed by atoms with Crippen molar-refractivity contribution in [3.63, 3.8) is 0 Å². The summed E-state index contributed by atoms with van der Waals surface area (Å²) in [6, 6.07) is 10.5. The molecule has 0 bridgehead atoms. The van der Waals surface area contributed by atoms with Crippen LogP contribution in [-0.2, 0) is 4.79 Å². The first-order valence-corrected chi connectivity index (χ1v) is 11.5. The second-order valence-electron chi connectivity index (χ2n) is 9.02. The molecular formula is C24H33N5O3. The number of hydrogen-bond donors (Lipinski definition) is 3. The maximum atomic E-state index is 13.4. The minimum Gasteiger partial charge on any atom is -0.465 e. The molecule has 1 saturated heterocycles. The number of aliphatic imine (C=N–C) groups is 1. The Kier molecular flexibility index (Phi) is 8.23. The molecule has 8 heteroatoms. The standard InChI is InChI=1S/C24H33N5O3/c1-29-14-12-24(17-25,13-15-29)28-22(30)20(16-18-8-4-2-5-9-18)26-21(27-23(31)32)19-10-6-3-7-11-19/h3,6-7,10-11,18,20H,2,4-5,8-9,12-16H2,1H3,(H,26,27)(H,28,30)(H,31,32). The van der Waals surface area contributed by atoms with Gasteiger partial charge in [-0.2, -0.15) is 5.26 Å². The summed E-state index contributed by atoms with van der Waals surface area (Å²) in [4.78, 5) is 31.6. The van der Waals surface area contributed by atoms with E-state index in [0.717, 1.165) is 38.8 Å². The average molecular weight is 440 g/mol. The Balaban J connectivity index is 1.87. The molecule has 2 fully saturated rings. The average Bonchev–Trinajstić information content (AvgIpc) is 2.80. The van der Waals surface area contributed by atoms with Gasteiger partial charge in [0.1, 0.15) is 17.4 Å². The number of benzene rings is 1. The highest BCUT2D eigenvalue weighted by Crippen LogP contribution is 2.29. The van der Waals surface area contributed by atoms with Crippen molar-refractivity contribution in [2.45, 2.75) is 62.9 Å². The van der Waals surface area contributed by atoms with Crippen molar-refractivity contribution in [2.24, 2.45) is 10.9 Å². The van der Waals surface area contributed by atoms with Crippen molar-refractivity contribution in [2.75, 3.05) is 20.1 Å². The molecule has 1 heterocycles. The number of amides is 2. The lowest BCUT2D eigenvalue weighted by molar-refractivity contribution is -0.124. The van der Waals surface area contributed by atoms with E-state index in [9.17, 15) is 20.0 Å². The van der Waals surface area contributed by atoms with Crippen molar-refractivity contribution in [3.8, 4) is 6.07 Å². The Hall–Kier alpha value is -2.92. The molecule has 32 heavy (non-hydrogen) atoms. The van der Waals surface area contributed by atoms with Gasteiger partial charge in [0.05, 0.1) is 6.07 Å². The van der Waals surface area contributed by atoms with Gasteiger partial charge >= 0.3 is 6.09 Å². The lowest BCUT2D eigenvalue weighted by Gasteiger charge is -2.37. The van der Waals surface area contributed by atoms with Gasteiger partial charge in [-0.1, -0.05) is 62.4 Å². The van der Waals surface area contributed by atoms with E-state index in [4.69, 9.17) is 0 Å². The summed E-state index contributed by atoms with van der Waals surface area (Å²) in [5.41, 5.74) is -0.303. The number of nitrogens with zero attached hydrogens (tertiary/aromatic N) is 3.